The number of carbonyl (C=O) groups is 1. The molecule has 1 N–H and O–H groups in total. The van der Waals surface area contributed by atoms with Crippen LogP contribution in [0.15, 0.2) is 0 Å². The molecular formula is C14H27ClN2O3S. The van der Waals surface area contributed by atoms with Crippen LogP contribution in [0, 0.1) is 11.3 Å². The van der Waals surface area contributed by atoms with E-state index in [1.807, 2.05) is 6.92 Å². The molecule has 1 heterocycles. The highest BCUT2D eigenvalue weighted by Gasteiger charge is 2.58. The predicted octanol–water partition coefficient (Wildman–Crippen LogP) is 1.08. The van der Waals surface area contributed by atoms with Gasteiger partial charge in [-0.05, 0) is 44.7 Å². The van der Waals surface area contributed by atoms with Crippen LogP contribution in [0.5, 0.6) is 0 Å². The first-order valence-corrected chi connectivity index (χ1v) is 9.31. The first-order chi connectivity index (χ1) is 9.31. The Kier molecular flexibility index (Phi) is 6.09. The number of hydrogen-bond donors (Lipinski definition) is 1. The number of halogens is 1. The molecule has 0 bridgehead atoms. The van der Waals surface area contributed by atoms with Crippen molar-refractivity contribution in [3.63, 3.8) is 0 Å². The second kappa shape index (κ2) is 6.84. The molecule has 1 aliphatic carbocycles. The summed E-state index contributed by atoms with van der Waals surface area (Å²) in [6, 6.07) is -0.244. The van der Waals surface area contributed by atoms with E-state index in [4.69, 9.17) is 0 Å². The molecule has 5 nitrogen and oxygen atoms in total. The number of amides is 1. The summed E-state index contributed by atoms with van der Waals surface area (Å²) in [4.78, 5) is 14.2. The molecule has 0 aromatic carbocycles. The number of nitrogens with one attached hydrogen (secondary N) is 1. The van der Waals surface area contributed by atoms with E-state index >= 15 is 0 Å². The van der Waals surface area contributed by atoms with Crippen LogP contribution in [0.25, 0.3) is 0 Å². The van der Waals surface area contributed by atoms with Gasteiger partial charge in [-0.2, -0.15) is 0 Å². The van der Waals surface area contributed by atoms with Gasteiger partial charge in [0.05, 0.1) is 5.75 Å². The SMILES string of the molecule is CCS(=O)(=O)CC(C)N(C)C(=O)C1CC12CCNCC2.Cl. The molecule has 0 radical (unpaired) electrons. The van der Waals surface area contributed by atoms with Gasteiger partial charge in [0.2, 0.25) is 5.91 Å². The number of carbonyl (C=O) groups excluding carboxylic acids is 1. The predicted molar refractivity (Wildman–Crippen MR) is 86.5 cm³/mol. The maximum Gasteiger partial charge on any atom is 0.226 e. The number of piperidine rings is 1. The topological polar surface area (TPSA) is 66.5 Å². The van der Waals surface area contributed by atoms with Gasteiger partial charge in [-0.15, -0.1) is 12.4 Å². The van der Waals surface area contributed by atoms with E-state index in [1.54, 1.807) is 18.9 Å². The lowest BCUT2D eigenvalue weighted by Crippen LogP contribution is -2.42. The van der Waals surface area contributed by atoms with E-state index in [-0.39, 0.29) is 47.2 Å². The maximum atomic E-state index is 12.5. The smallest absolute Gasteiger partial charge is 0.226 e. The molecule has 2 atom stereocenters. The van der Waals surface area contributed by atoms with Crippen molar-refractivity contribution in [1.82, 2.24) is 10.2 Å². The minimum Gasteiger partial charge on any atom is -0.342 e. The normalized spacial score (nSPS) is 25.0. The van der Waals surface area contributed by atoms with Crippen LogP contribution in [0.4, 0.5) is 0 Å². The van der Waals surface area contributed by atoms with E-state index in [9.17, 15) is 13.2 Å². The molecule has 1 aliphatic heterocycles. The molecule has 2 aliphatic rings. The largest absolute Gasteiger partial charge is 0.342 e. The summed E-state index contributed by atoms with van der Waals surface area (Å²) < 4.78 is 23.3. The molecule has 1 saturated carbocycles. The van der Waals surface area contributed by atoms with Gasteiger partial charge >= 0.3 is 0 Å². The molecule has 21 heavy (non-hydrogen) atoms. The number of hydrogen-bond acceptors (Lipinski definition) is 4. The van der Waals surface area contributed by atoms with Gasteiger partial charge < -0.3 is 10.2 Å². The average Bonchev–Trinajstić information content (AvgIpc) is 3.10. The third-order valence-electron chi connectivity index (χ3n) is 5.03. The highest BCUT2D eigenvalue weighted by Crippen LogP contribution is 2.59. The van der Waals surface area contributed by atoms with Gasteiger partial charge in [-0.25, -0.2) is 8.42 Å². The minimum atomic E-state index is -3.04. The fourth-order valence-corrected chi connectivity index (χ4v) is 4.43. The molecule has 0 aromatic heterocycles. The zero-order valence-electron chi connectivity index (χ0n) is 13.1. The van der Waals surface area contributed by atoms with Crippen molar-refractivity contribution in [2.45, 2.75) is 39.2 Å². The van der Waals surface area contributed by atoms with Gasteiger partial charge in [-0.3, -0.25) is 4.79 Å². The van der Waals surface area contributed by atoms with Gasteiger partial charge in [0.15, 0.2) is 9.84 Å². The first kappa shape index (κ1) is 18.7. The van der Waals surface area contributed by atoms with Crippen molar-refractivity contribution in [2.75, 3.05) is 31.6 Å². The lowest BCUT2D eigenvalue weighted by molar-refractivity contribution is -0.133. The Morgan fingerprint density at radius 1 is 1.38 bits per heavy atom. The molecule has 124 valence electrons. The summed E-state index contributed by atoms with van der Waals surface area (Å²) in [5.74, 6) is 0.442. The highest BCUT2D eigenvalue weighted by atomic mass is 35.5. The second-order valence-electron chi connectivity index (χ2n) is 6.37. The molecule has 2 unspecified atom stereocenters. The fourth-order valence-electron chi connectivity index (χ4n) is 3.23. The summed E-state index contributed by atoms with van der Waals surface area (Å²) in [5.41, 5.74) is 0.208. The Bertz CT molecular complexity index is 475. The van der Waals surface area contributed by atoms with Crippen molar-refractivity contribution in [3.05, 3.63) is 0 Å². The monoisotopic (exact) mass is 338 g/mol. The quantitative estimate of drug-likeness (QED) is 0.814. The van der Waals surface area contributed by atoms with Crippen molar-refractivity contribution in [3.8, 4) is 0 Å². The second-order valence-corrected chi connectivity index (χ2v) is 8.76. The fraction of sp³-hybridized carbons (Fsp3) is 0.929. The summed E-state index contributed by atoms with van der Waals surface area (Å²) in [7, 11) is -1.30. The van der Waals surface area contributed by atoms with Crippen LogP contribution >= 0.6 is 12.4 Å². The lowest BCUT2D eigenvalue weighted by Gasteiger charge is -2.28. The van der Waals surface area contributed by atoms with E-state index in [2.05, 4.69) is 5.32 Å². The van der Waals surface area contributed by atoms with E-state index < -0.39 is 9.84 Å². The highest BCUT2D eigenvalue weighted by molar-refractivity contribution is 7.91. The molecule has 2 fully saturated rings. The molecule has 1 spiro atoms. The van der Waals surface area contributed by atoms with Gasteiger partial charge in [0, 0.05) is 24.8 Å². The molecule has 7 heteroatoms. The lowest BCUT2D eigenvalue weighted by atomic mass is 9.91. The van der Waals surface area contributed by atoms with E-state index in [0.29, 0.717) is 0 Å². The van der Waals surface area contributed by atoms with Gasteiger partial charge in [0.25, 0.3) is 0 Å². The van der Waals surface area contributed by atoms with Crippen LogP contribution in [0.1, 0.15) is 33.1 Å². The summed E-state index contributed by atoms with van der Waals surface area (Å²) in [5, 5.41) is 3.33. The maximum absolute atomic E-state index is 12.5. The standard InChI is InChI=1S/C14H26N2O3S.ClH/c1-4-20(18,19)10-11(2)16(3)13(17)12-9-14(12)5-7-15-8-6-14;/h11-12,15H,4-10H2,1-3H3;1H. The van der Waals surface area contributed by atoms with Crippen molar-refractivity contribution in [2.24, 2.45) is 11.3 Å². The van der Waals surface area contributed by atoms with E-state index in [1.165, 1.54) is 0 Å². The number of rotatable bonds is 5. The number of nitrogens with zero attached hydrogens (tertiary/aromatic N) is 1. The van der Waals surface area contributed by atoms with Crippen LogP contribution in [0.2, 0.25) is 0 Å². The van der Waals surface area contributed by atoms with Gasteiger partial charge in [0.1, 0.15) is 0 Å². The van der Waals surface area contributed by atoms with Crippen molar-refractivity contribution < 1.29 is 13.2 Å². The van der Waals surface area contributed by atoms with Crippen LogP contribution in [-0.2, 0) is 14.6 Å². The van der Waals surface area contributed by atoms with Crippen molar-refractivity contribution >= 4 is 28.2 Å². The minimum absolute atomic E-state index is 0. The Balaban J connectivity index is 0.00000220. The molecule has 2 rings (SSSR count). The zero-order chi connectivity index (χ0) is 15.0. The zero-order valence-corrected chi connectivity index (χ0v) is 14.7. The Morgan fingerprint density at radius 2 is 1.95 bits per heavy atom. The third-order valence-corrected chi connectivity index (χ3v) is 6.90. The Morgan fingerprint density at radius 3 is 2.48 bits per heavy atom. The molecule has 0 aromatic rings. The summed E-state index contributed by atoms with van der Waals surface area (Å²) >= 11 is 0. The Hall–Kier alpha value is -0.330. The first-order valence-electron chi connectivity index (χ1n) is 7.49. The molecule has 1 amide bonds. The number of sulfone groups is 1. The van der Waals surface area contributed by atoms with E-state index in [0.717, 1.165) is 32.4 Å². The Labute approximate surface area is 134 Å². The summed E-state index contributed by atoms with van der Waals surface area (Å²) in [6.07, 6.45) is 3.11. The van der Waals surface area contributed by atoms with Crippen LogP contribution in [0.3, 0.4) is 0 Å². The average molecular weight is 339 g/mol. The van der Waals surface area contributed by atoms with Crippen molar-refractivity contribution in [1.29, 1.82) is 0 Å². The van der Waals surface area contributed by atoms with Gasteiger partial charge in [-0.1, -0.05) is 6.92 Å². The molecule has 1 saturated heterocycles. The third kappa shape index (κ3) is 4.11. The summed E-state index contributed by atoms with van der Waals surface area (Å²) in [6.45, 7) is 5.46. The van der Waals surface area contributed by atoms with Crippen LogP contribution < -0.4 is 5.32 Å². The van der Waals surface area contributed by atoms with Crippen LogP contribution in [-0.4, -0.2) is 56.9 Å². The molecular weight excluding hydrogens is 312 g/mol.